The van der Waals surface area contributed by atoms with Gasteiger partial charge in [0.15, 0.2) is 16.6 Å². The molecule has 30 heavy (non-hydrogen) atoms. The molecule has 1 fully saturated rings. The standard InChI is InChI=1S/C24H44O4Si2/c1-12-21-18(5)22(27-29(6,7)8)23(28-30(9,10)11)24(25,26-21)20-14-13-19(16(2)3)15-17(20)4/h13-16,18,21-23,25H,12H2,1-11H3/t18-,21+,22-,23-,24?/m0/s1. The molecule has 1 heterocycles. The summed E-state index contributed by atoms with van der Waals surface area (Å²) in [6.45, 7) is 23.8. The van der Waals surface area contributed by atoms with Crippen molar-refractivity contribution in [1.29, 1.82) is 0 Å². The van der Waals surface area contributed by atoms with Crippen LogP contribution in [0.1, 0.15) is 56.7 Å². The van der Waals surface area contributed by atoms with E-state index in [4.69, 9.17) is 13.6 Å². The minimum Gasteiger partial charge on any atom is -0.412 e. The van der Waals surface area contributed by atoms with Gasteiger partial charge in [-0.2, -0.15) is 0 Å². The molecule has 0 amide bonds. The summed E-state index contributed by atoms with van der Waals surface area (Å²) < 4.78 is 19.9. The molecule has 0 aromatic heterocycles. The molecule has 1 N–H and O–H groups in total. The van der Waals surface area contributed by atoms with Crippen molar-refractivity contribution in [2.75, 3.05) is 0 Å². The lowest BCUT2D eigenvalue weighted by Gasteiger charge is -2.53. The smallest absolute Gasteiger partial charge is 0.221 e. The Bertz CT molecular complexity index is 723. The molecule has 0 bridgehead atoms. The molecule has 5 atom stereocenters. The summed E-state index contributed by atoms with van der Waals surface area (Å²) in [7, 11) is -3.87. The van der Waals surface area contributed by atoms with E-state index in [0.29, 0.717) is 5.92 Å². The Kier molecular flexibility index (Phi) is 7.86. The summed E-state index contributed by atoms with van der Waals surface area (Å²) in [6.07, 6.45) is -0.0479. The summed E-state index contributed by atoms with van der Waals surface area (Å²) in [6, 6.07) is 6.30. The highest BCUT2D eigenvalue weighted by atomic mass is 28.4. The van der Waals surface area contributed by atoms with Gasteiger partial charge in [-0.05, 0) is 69.7 Å². The molecule has 1 unspecified atom stereocenters. The Balaban J connectivity index is 2.64. The molecule has 1 aliphatic heterocycles. The SMILES string of the molecule is CC[C@H]1OC(O)(c2ccc(C(C)C)cc2C)[C@@H](O[Si](C)(C)C)[C@@H](O[Si](C)(C)C)[C@H]1C. The first-order valence-corrected chi connectivity index (χ1v) is 18.3. The minimum atomic E-state index is -2.00. The van der Waals surface area contributed by atoms with Gasteiger partial charge in [0.1, 0.15) is 6.10 Å². The molecule has 0 saturated carbocycles. The monoisotopic (exact) mass is 452 g/mol. The van der Waals surface area contributed by atoms with E-state index in [1.807, 2.05) is 6.07 Å². The van der Waals surface area contributed by atoms with E-state index in [9.17, 15) is 5.11 Å². The topological polar surface area (TPSA) is 47.9 Å². The van der Waals surface area contributed by atoms with Crippen LogP contribution in [0.2, 0.25) is 39.3 Å². The average Bonchev–Trinajstić information content (AvgIpc) is 2.59. The van der Waals surface area contributed by atoms with Crippen LogP contribution in [0.5, 0.6) is 0 Å². The van der Waals surface area contributed by atoms with Gasteiger partial charge in [0.05, 0.1) is 12.2 Å². The van der Waals surface area contributed by atoms with E-state index >= 15 is 0 Å². The molecule has 172 valence electrons. The van der Waals surface area contributed by atoms with Crippen molar-refractivity contribution < 1.29 is 18.7 Å². The number of benzene rings is 1. The lowest BCUT2D eigenvalue weighted by Crippen LogP contribution is -2.64. The normalized spacial score (nSPS) is 30.7. The van der Waals surface area contributed by atoms with Gasteiger partial charge < -0.3 is 18.7 Å². The number of rotatable bonds is 7. The molecule has 0 spiro atoms. The van der Waals surface area contributed by atoms with Crippen molar-refractivity contribution in [3.63, 3.8) is 0 Å². The van der Waals surface area contributed by atoms with E-state index < -0.39 is 28.5 Å². The van der Waals surface area contributed by atoms with Crippen LogP contribution in [-0.2, 0) is 19.4 Å². The van der Waals surface area contributed by atoms with Crippen LogP contribution in [0.15, 0.2) is 18.2 Å². The molecular weight excluding hydrogens is 408 g/mol. The van der Waals surface area contributed by atoms with Crippen molar-refractivity contribution >= 4 is 16.6 Å². The number of aryl methyl sites for hydroxylation is 1. The number of hydrogen-bond donors (Lipinski definition) is 1. The third-order valence-corrected chi connectivity index (χ3v) is 7.74. The second-order valence-electron chi connectivity index (χ2n) is 11.2. The molecule has 1 saturated heterocycles. The minimum absolute atomic E-state index is 0.0954. The van der Waals surface area contributed by atoms with E-state index in [1.54, 1.807) is 0 Å². The van der Waals surface area contributed by atoms with Gasteiger partial charge in [0.25, 0.3) is 0 Å². The van der Waals surface area contributed by atoms with Crippen LogP contribution in [0.3, 0.4) is 0 Å². The molecule has 0 radical (unpaired) electrons. The summed E-state index contributed by atoms with van der Waals surface area (Å²) in [5.41, 5.74) is 3.09. The Morgan fingerprint density at radius 1 is 1.07 bits per heavy atom. The van der Waals surface area contributed by atoms with Crippen molar-refractivity contribution in [2.24, 2.45) is 5.92 Å². The van der Waals surface area contributed by atoms with E-state index in [1.165, 1.54) is 5.56 Å². The summed E-state index contributed by atoms with van der Waals surface area (Å²) in [5.74, 6) is -0.962. The van der Waals surface area contributed by atoms with E-state index in [-0.39, 0.29) is 18.1 Å². The van der Waals surface area contributed by atoms with Gasteiger partial charge in [-0.25, -0.2) is 0 Å². The second-order valence-corrected chi connectivity index (χ2v) is 20.1. The molecule has 1 aliphatic rings. The maximum atomic E-state index is 12.2. The highest BCUT2D eigenvalue weighted by Crippen LogP contribution is 2.45. The van der Waals surface area contributed by atoms with Crippen molar-refractivity contribution in [3.05, 3.63) is 34.9 Å². The van der Waals surface area contributed by atoms with Gasteiger partial charge >= 0.3 is 0 Å². The maximum Gasteiger partial charge on any atom is 0.221 e. The largest absolute Gasteiger partial charge is 0.412 e. The molecule has 6 heteroatoms. The average molecular weight is 453 g/mol. The lowest BCUT2D eigenvalue weighted by atomic mass is 9.81. The van der Waals surface area contributed by atoms with Crippen molar-refractivity contribution in [1.82, 2.24) is 0 Å². The third kappa shape index (κ3) is 5.84. The van der Waals surface area contributed by atoms with Crippen molar-refractivity contribution in [2.45, 2.75) is 110 Å². The summed E-state index contributed by atoms with van der Waals surface area (Å²) in [5, 5.41) is 12.2. The fourth-order valence-electron chi connectivity index (χ4n) is 4.34. The van der Waals surface area contributed by atoms with E-state index in [0.717, 1.165) is 17.5 Å². The first-order chi connectivity index (χ1) is 13.6. The first kappa shape index (κ1) is 25.8. The molecule has 0 aliphatic carbocycles. The highest BCUT2D eigenvalue weighted by molar-refractivity contribution is 6.70. The summed E-state index contributed by atoms with van der Waals surface area (Å²) in [4.78, 5) is 0. The molecule has 2 rings (SSSR count). The zero-order chi connectivity index (χ0) is 23.1. The van der Waals surface area contributed by atoms with Crippen LogP contribution in [-0.4, -0.2) is 40.1 Å². The number of aliphatic hydroxyl groups is 1. The number of hydrogen-bond acceptors (Lipinski definition) is 4. The van der Waals surface area contributed by atoms with E-state index in [2.05, 4.69) is 86.0 Å². The molecule has 4 nitrogen and oxygen atoms in total. The van der Waals surface area contributed by atoms with Gasteiger partial charge in [0.2, 0.25) is 5.79 Å². The quantitative estimate of drug-likeness (QED) is 0.504. The van der Waals surface area contributed by atoms with Gasteiger partial charge in [-0.1, -0.05) is 45.9 Å². The Morgan fingerprint density at radius 3 is 2.07 bits per heavy atom. The van der Waals surface area contributed by atoms with Crippen LogP contribution >= 0.6 is 0 Å². The zero-order valence-electron chi connectivity index (χ0n) is 21.0. The Hall–Kier alpha value is -0.506. The van der Waals surface area contributed by atoms with Crippen LogP contribution in [0, 0.1) is 12.8 Å². The molecular formula is C24H44O4Si2. The summed E-state index contributed by atoms with van der Waals surface area (Å²) >= 11 is 0. The second kappa shape index (κ2) is 9.16. The lowest BCUT2D eigenvalue weighted by molar-refractivity contribution is -0.339. The van der Waals surface area contributed by atoms with Crippen LogP contribution < -0.4 is 0 Å². The van der Waals surface area contributed by atoms with Gasteiger partial charge in [0, 0.05) is 11.5 Å². The number of ether oxygens (including phenoxy) is 1. The molecule has 1 aromatic rings. The first-order valence-electron chi connectivity index (χ1n) is 11.5. The van der Waals surface area contributed by atoms with Crippen molar-refractivity contribution in [3.8, 4) is 0 Å². The zero-order valence-corrected chi connectivity index (χ0v) is 23.0. The fourth-order valence-corrected chi connectivity index (χ4v) is 6.55. The van der Waals surface area contributed by atoms with Crippen LogP contribution in [0.4, 0.5) is 0 Å². The third-order valence-electron chi connectivity index (χ3n) is 5.80. The van der Waals surface area contributed by atoms with Gasteiger partial charge in [-0.15, -0.1) is 0 Å². The predicted octanol–water partition coefficient (Wildman–Crippen LogP) is 6.15. The fraction of sp³-hybridized carbons (Fsp3) is 0.750. The van der Waals surface area contributed by atoms with Crippen LogP contribution in [0.25, 0.3) is 0 Å². The highest BCUT2D eigenvalue weighted by Gasteiger charge is 2.56. The van der Waals surface area contributed by atoms with Gasteiger partial charge in [-0.3, -0.25) is 0 Å². The predicted molar refractivity (Wildman–Crippen MR) is 130 cm³/mol. The Morgan fingerprint density at radius 2 is 1.63 bits per heavy atom. The Labute approximate surface area is 186 Å². The maximum absolute atomic E-state index is 12.2. The molecule has 1 aromatic carbocycles.